The van der Waals surface area contributed by atoms with E-state index in [0.29, 0.717) is 19.7 Å². The number of hydrogen-bond acceptors (Lipinski definition) is 5. The minimum atomic E-state index is -0.721. The third kappa shape index (κ3) is 5.40. The van der Waals surface area contributed by atoms with E-state index in [-0.39, 0.29) is 12.4 Å². The van der Waals surface area contributed by atoms with Gasteiger partial charge in [0.15, 0.2) is 0 Å². The highest BCUT2D eigenvalue weighted by Gasteiger charge is 2.12. The Bertz CT molecular complexity index is 404. The molecule has 1 aromatic heterocycles. The van der Waals surface area contributed by atoms with E-state index >= 15 is 0 Å². The minimum absolute atomic E-state index is 0.0223. The average Bonchev–Trinajstić information content (AvgIpc) is 2.70. The van der Waals surface area contributed by atoms with Crippen molar-refractivity contribution in [2.45, 2.75) is 39.3 Å². The number of carbonyl (C=O) groups excluding carboxylic acids is 1. The largest absolute Gasteiger partial charge is 0.466 e. The van der Waals surface area contributed by atoms with Gasteiger partial charge in [0.25, 0.3) is 0 Å². The van der Waals surface area contributed by atoms with Gasteiger partial charge in [0.1, 0.15) is 0 Å². The molecule has 0 saturated carbocycles. The monoisotopic (exact) mass is 269 g/mol. The van der Waals surface area contributed by atoms with Crippen LogP contribution in [0.25, 0.3) is 0 Å². The molecule has 1 aromatic rings. The maximum Gasteiger partial charge on any atom is 0.308 e. The summed E-state index contributed by atoms with van der Waals surface area (Å²) in [6.07, 6.45) is 2.14. The molecule has 0 bridgehead atoms. The van der Waals surface area contributed by atoms with Crippen LogP contribution < -0.4 is 5.32 Å². The van der Waals surface area contributed by atoms with Gasteiger partial charge in [0.2, 0.25) is 0 Å². The van der Waals surface area contributed by atoms with Crippen molar-refractivity contribution in [3.63, 3.8) is 0 Å². The quantitative estimate of drug-likeness (QED) is 0.668. The Hall–Kier alpha value is -1.40. The lowest BCUT2D eigenvalue weighted by atomic mass is 10.2. The number of carbonyl (C=O) groups is 1. The molecule has 0 saturated heterocycles. The van der Waals surface area contributed by atoms with E-state index in [1.54, 1.807) is 11.6 Å². The predicted molar refractivity (Wildman–Crippen MR) is 71.5 cm³/mol. The van der Waals surface area contributed by atoms with E-state index < -0.39 is 6.10 Å². The zero-order valence-electron chi connectivity index (χ0n) is 11.8. The van der Waals surface area contributed by atoms with Crippen molar-refractivity contribution in [1.29, 1.82) is 0 Å². The molecule has 0 aliphatic carbocycles. The van der Waals surface area contributed by atoms with Crippen molar-refractivity contribution in [3.8, 4) is 0 Å². The number of ether oxygens (including phenoxy) is 1. The maximum atomic E-state index is 11.2. The molecule has 0 radical (unpaired) electrons. The third-order valence-corrected chi connectivity index (χ3v) is 2.73. The highest BCUT2D eigenvalue weighted by Crippen LogP contribution is 2.06. The Morgan fingerprint density at radius 2 is 2.32 bits per heavy atom. The Morgan fingerprint density at radius 3 is 2.95 bits per heavy atom. The number of esters is 1. The summed E-state index contributed by atoms with van der Waals surface area (Å²) in [6, 6.07) is 0. The van der Waals surface area contributed by atoms with Gasteiger partial charge in [-0.1, -0.05) is 6.92 Å². The van der Waals surface area contributed by atoms with Gasteiger partial charge < -0.3 is 15.2 Å². The summed E-state index contributed by atoms with van der Waals surface area (Å²) < 4.78 is 6.56. The predicted octanol–water partition coefficient (Wildman–Crippen LogP) is 0.386. The molecule has 0 fully saturated rings. The molecule has 1 atom stereocenters. The number of nitrogens with zero attached hydrogens (tertiary/aromatic N) is 2. The van der Waals surface area contributed by atoms with Crippen LogP contribution in [0.4, 0.5) is 0 Å². The first-order valence-corrected chi connectivity index (χ1v) is 6.62. The molecule has 1 heterocycles. The normalized spacial score (nSPS) is 12.4. The van der Waals surface area contributed by atoms with E-state index in [4.69, 9.17) is 4.74 Å². The fraction of sp³-hybridized carbons (Fsp3) is 0.692. The smallest absolute Gasteiger partial charge is 0.308 e. The lowest BCUT2D eigenvalue weighted by molar-refractivity contribution is -0.145. The van der Waals surface area contributed by atoms with Crippen LogP contribution in [-0.4, -0.2) is 40.1 Å². The molecule has 0 amide bonds. The van der Waals surface area contributed by atoms with Crippen LogP contribution >= 0.6 is 0 Å². The van der Waals surface area contributed by atoms with Gasteiger partial charge >= 0.3 is 5.97 Å². The first-order chi connectivity index (χ1) is 9.06. The Morgan fingerprint density at radius 1 is 1.58 bits per heavy atom. The summed E-state index contributed by atoms with van der Waals surface area (Å²) in [5.41, 5.74) is 2.17. The molecule has 1 unspecified atom stereocenters. The second-order valence-electron chi connectivity index (χ2n) is 4.42. The molecule has 2 N–H and O–H groups in total. The van der Waals surface area contributed by atoms with Crippen molar-refractivity contribution in [1.82, 2.24) is 15.1 Å². The van der Waals surface area contributed by atoms with E-state index in [9.17, 15) is 9.90 Å². The second kappa shape index (κ2) is 7.91. The van der Waals surface area contributed by atoms with Crippen LogP contribution in [0, 0.1) is 0 Å². The van der Waals surface area contributed by atoms with E-state index in [1.807, 2.05) is 13.2 Å². The summed E-state index contributed by atoms with van der Waals surface area (Å²) in [7, 11) is 1.89. The molecule has 0 aromatic carbocycles. The van der Waals surface area contributed by atoms with E-state index in [2.05, 4.69) is 17.3 Å². The van der Waals surface area contributed by atoms with Crippen molar-refractivity contribution < 1.29 is 14.6 Å². The molecule has 108 valence electrons. The van der Waals surface area contributed by atoms with Gasteiger partial charge in [-0.25, -0.2) is 0 Å². The van der Waals surface area contributed by atoms with Gasteiger partial charge in [-0.15, -0.1) is 0 Å². The van der Waals surface area contributed by atoms with E-state index in [1.165, 1.54) is 0 Å². The number of aryl methyl sites for hydroxylation is 2. The zero-order chi connectivity index (χ0) is 14.3. The van der Waals surface area contributed by atoms with Crippen molar-refractivity contribution >= 4 is 5.97 Å². The second-order valence-corrected chi connectivity index (χ2v) is 4.42. The average molecular weight is 269 g/mol. The zero-order valence-corrected chi connectivity index (χ0v) is 11.8. The maximum absolute atomic E-state index is 11.2. The lowest BCUT2D eigenvalue weighted by Crippen LogP contribution is -2.29. The van der Waals surface area contributed by atoms with Crippen LogP contribution in [0.3, 0.4) is 0 Å². The summed E-state index contributed by atoms with van der Waals surface area (Å²) in [6.45, 7) is 5.14. The van der Waals surface area contributed by atoms with Crippen molar-refractivity contribution in [2.24, 2.45) is 7.05 Å². The highest BCUT2D eigenvalue weighted by molar-refractivity contribution is 5.69. The van der Waals surface area contributed by atoms with Gasteiger partial charge in [-0.3, -0.25) is 9.48 Å². The topological polar surface area (TPSA) is 76.4 Å². The standard InChI is InChI=1S/C13H23N3O3/c1-4-12-10(9-16(3)15-12)7-14-8-11(17)6-13(18)19-5-2/h9,11,14,17H,4-8H2,1-3H3. The summed E-state index contributed by atoms with van der Waals surface area (Å²) in [4.78, 5) is 11.2. The molecule has 19 heavy (non-hydrogen) atoms. The molecule has 6 nitrogen and oxygen atoms in total. The number of rotatable bonds is 8. The van der Waals surface area contributed by atoms with Gasteiger partial charge in [0.05, 0.1) is 24.8 Å². The van der Waals surface area contributed by atoms with Gasteiger partial charge in [-0.2, -0.15) is 5.10 Å². The van der Waals surface area contributed by atoms with Gasteiger partial charge in [-0.05, 0) is 13.3 Å². The van der Waals surface area contributed by atoms with Crippen LogP contribution in [0.1, 0.15) is 31.5 Å². The fourth-order valence-electron chi connectivity index (χ4n) is 1.89. The molecule has 6 heteroatoms. The number of aliphatic hydroxyl groups is 1. The first-order valence-electron chi connectivity index (χ1n) is 6.62. The fourth-order valence-corrected chi connectivity index (χ4v) is 1.89. The lowest BCUT2D eigenvalue weighted by Gasteiger charge is -2.11. The molecule has 0 aliphatic rings. The summed E-state index contributed by atoms with van der Waals surface area (Å²) >= 11 is 0. The molecular formula is C13H23N3O3. The number of nitrogens with one attached hydrogen (secondary N) is 1. The molecular weight excluding hydrogens is 246 g/mol. The third-order valence-electron chi connectivity index (χ3n) is 2.73. The molecule has 0 spiro atoms. The molecule has 1 rings (SSSR count). The SMILES string of the molecule is CCOC(=O)CC(O)CNCc1cn(C)nc1CC. The Kier molecular flexibility index (Phi) is 6.52. The van der Waals surface area contributed by atoms with Crippen LogP contribution in [0.15, 0.2) is 6.20 Å². The number of aliphatic hydroxyl groups excluding tert-OH is 1. The van der Waals surface area contributed by atoms with Crippen molar-refractivity contribution in [2.75, 3.05) is 13.2 Å². The van der Waals surface area contributed by atoms with E-state index in [0.717, 1.165) is 17.7 Å². The van der Waals surface area contributed by atoms with Crippen LogP contribution in [0.2, 0.25) is 0 Å². The number of aromatic nitrogens is 2. The highest BCUT2D eigenvalue weighted by atomic mass is 16.5. The van der Waals surface area contributed by atoms with Crippen molar-refractivity contribution in [3.05, 3.63) is 17.5 Å². The Balaban J connectivity index is 2.31. The summed E-state index contributed by atoms with van der Waals surface area (Å²) in [5, 5.41) is 17.1. The van der Waals surface area contributed by atoms with Gasteiger partial charge in [0, 0.05) is 31.9 Å². The van der Waals surface area contributed by atoms with Crippen LogP contribution in [-0.2, 0) is 29.5 Å². The first kappa shape index (κ1) is 15.7. The minimum Gasteiger partial charge on any atom is -0.466 e. The van der Waals surface area contributed by atoms with Crippen LogP contribution in [0.5, 0.6) is 0 Å². The summed E-state index contributed by atoms with van der Waals surface area (Å²) in [5.74, 6) is -0.368. The number of hydrogen-bond donors (Lipinski definition) is 2. The Labute approximate surface area is 113 Å². The molecule has 0 aliphatic heterocycles.